The van der Waals surface area contributed by atoms with E-state index in [1.54, 1.807) is 23.5 Å². The fraction of sp³-hybridized carbons (Fsp3) is 0.300. The number of carbonyl (C=O) groups excluding carboxylic acids is 2. The molecule has 0 aliphatic rings. The van der Waals surface area contributed by atoms with Crippen molar-refractivity contribution in [3.05, 3.63) is 59.1 Å². The number of halogens is 1. The van der Waals surface area contributed by atoms with Crippen LogP contribution >= 0.6 is 11.6 Å². The van der Waals surface area contributed by atoms with E-state index in [1.807, 2.05) is 30.3 Å². The average molecular weight is 407 g/mol. The van der Waals surface area contributed by atoms with Crippen LogP contribution in [0.1, 0.15) is 12.0 Å². The fourth-order valence-corrected chi connectivity index (χ4v) is 2.97. The minimum absolute atomic E-state index is 0.190. The maximum absolute atomic E-state index is 12.2. The zero-order valence-electron chi connectivity index (χ0n) is 15.7. The van der Waals surface area contributed by atoms with Gasteiger partial charge in [0.2, 0.25) is 5.91 Å². The first-order valence-corrected chi connectivity index (χ1v) is 9.40. The minimum atomic E-state index is -1.26. The molecule has 8 heteroatoms. The van der Waals surface area contributed by atoms with Crippen molar-refractivity contribution in [3.63, 3.8) is 0 Å². The van der Waals surface area contributed by atoms with Crippen LogP contribution in [0.5, 0.6) is 5.75 Å². The van der Waals surface area contributed by atoms with E-state index in [0.717, 1.165) is 13.1 Å². The van der Waals surface area contributed by atoms with Crippen molar-refractivity contribution in [2.75, 3.05) is 25.5 Å². The lowest BCUT2D eigenvalue weighted by molar-refractivity contribution is -0.742. The van der Waals surface area contributed by atoms with Crippen molar-refractivity contribution in [1.29, 1.82) is 0 Å². The average Bonchev–Trinajstić information content (AvgIpc) is 2.67. The van der Waals surface area contributed by atoms with Gasteiger partial charge in [-0.2, -0.15) is 0 Å². The van der Waals surface area contributed by atoms with Crippen LogP contribution in [0.15, 0.2) is 48.5 Å². The molecule has 2 rings (SSSR count). The number of nitrogens with two attached hydrogens (primary N) is 2. The first-order valence-electron chi connectivity index (χ1n) is 9.02. The normalized spacial score (nSPS) is 11.6. The van der Waals surface area contributed by atoms with Crippen molar-refractivity contribution < 1.29 is 30.1 Å². The number of carboxylic acid groups (broad SMARTS) is 1. The zero-order chi connectivity index (χ0) is 20.4. The third-order valence-electron chi connectivity index (χ3n) is 4.19. The van der Waals surface area contributed by atoms with E-state index in [0.29, 0.717) is 23.0 Å². The second-order valence-electron chi connectivity index (χ2n) is 6.32. The molecular formula is C20H25ClN3O4+. The van der Waals surface area contributed by atoms with Crippen molar-refractivity contribution in [2.24, 2.45) is 0 Å². The molecule has 5 N–H and O–H groups in total. The number of anilines is 1. The molecular weight excluding hydrogens is 382 g/mol. The van der Waals surface area contributed by atoms with Gasteiger partial charge >= 0.3 is 0 Å². The molecule has 0 radical (unpaired) electrons. The number of hydrogen-bond acceptors (Lipinski definition) is 4. The van der Waals surface area contributed by atoms with Gasteiger partial charge in [-0.15, -0.1) is 0 Å². The number of nitrogens with one attached hydrogen (secondary N) is 1. The Hall–Kier alpha value is -2.61. The number of methoxy groups -OCH3 is 1. The van der Waals surface area contributed by atoms with Crippen LogP contribution in [-0.2, 0) is 16.1 Å². The quantitative estimate of drug-likeness (QED) is 0.421. The molecule has 0 unspecified atom stereocenters. The Morgan fingerprint density at radius 2 is 1.93 bits per heavy atom. The molecule has 0 aliphatic heterocycles. The topological polar surface area (TPSA) is 112 Å². The van der Waals surface area contributed by atoms with Crippen LogP contribution in [0.25, 0.3) is 0 Å². The maximum Gasteiger partial charge on any atom is 0.230 e. The number of carbonyl (C=O) groups is 2. The van der Waals surface area contributed by atoms with Gasteiger partial charge in [0.05, 0.1) is 24.5 Å². The molecule has 28 heavy (non-hydrogen) atoms. The summed E-state index contributed by atoms with van der Waals surface area (Å²) in [7, 11) is 1.50. The van der Waals surface area contributed by atoms with E-state index in [2.05, 4.69) is 10.6 Å². The SMILES string of the molecule is COc1ccc(NC(=O)C[C@@H]([NH2+]CC[NH2+]Cc2ccccc2)C(=O)[O-])cc1Cl. The molecule has 2 aromatic rings. The van der Waals surface area contributed by atoms with Gasteiger partial charge in [-0.3, -0.25) is 4.79 Å². The van der Waals surface area contributed by atoms with E-state index in [-0.39, 0.29) is 6.42 Å². The zero-order valence-corrected chi connectivity index (χ0v) is 16.4. The Morgan fingerprint density at radius 3 is 2.57 bits per heavy atom. The van der Waals surface area contributed by atoms with Crippen LogP contribution < -0.4 is 25.8 Å². The number of ether oxygens (including phenoxy) is 1. The Kier molecular flexibility index (Phi) is 8.74. The highest BCUT2D eigenvalue weighted by atomic mass is 35.5. The van der Waals surface area contributed by atoms with Crippen LogP contribution in [-0.4, -0.2) is 38.1 Å². The Balaban J connectivity index is 1.76. The monoisotopic (exact) mass is 406 g/mol. The van der Waals surface area contributed by atoms with Crippen molar-refractivity contribution in [2.45, 2.75) is 19.0 Å². The van der Waals surface area contributed by atoms with E-state index in [1.165, 1.54) is 12.7 Å². The van der Waals surface area contributed by atoms with Gasteiger partial charge in [0.25, 0.3) is 0 Å². The van der Waals surface area contributed by atoms with Crippen LogP contribution in [0.3, 0.4) is 0 Å². The minimum Gasteiger partial charge on any atom is -0.544 e. The summed E-state index contributed by atoms with van der Waals surface area (Å²) < 4.78 is 5.05. The van der Waals surface area contributed by atoms with Crippen molar-refractivity contribution >= 4 is 29.2 Å². The fourth-order valence-electron chi connectivity index (χ4n) is 2.72. The molecule has 2 aromatic carbocycles. The number of hydrogen-bond donors (Lipinski definition) is 3. The number of benzene rings is 2. The molecule has 0 fully saturated rings. The lowest BCUT2D eigenvalue weighted by atomic mass is 10.2. The van der Waals surface area contributed by atoms with Gasteiger partial charge < -0.3 is 30.6 Å². The van der Waals surface area contributed by atoms with Gasteiger partial charge in [0.1, 0.15) is 31.4 Å². The van der Waals surface area contributed by atoms with Gasteiger partial charge in [-0.25, -0.2) is 0 Å². The number of rotatable bonds is 11. The summed E-state index contributed by atoms with van der Waals surface area (Å²) in [5.41, 5.74) is 1.68. The standard InChI is InChI=1S/C20H24ClN3O4/c1-28-18-8-7-15(11-16(18)21)24-19(25)12-17(20(26)27)23-10-9-22-13-14-5-3-2-4-6-14/h2-8,11,17,22-23H,9-10,12-13H2,1H3,(H,24,25)(H,26,27)/p+1/t17-/m1/s1. The summed E-state index contributed by atoms with van der Waals surface area (Å²) in [5.74, 6) is -1.18. The molecule has 1 amide bonds. The van der Waals surface area contributed by atoms with Crippen molar-refractivity contribution in [1.82, 2.24) is 0 Å². The highest BCUT2D eigenvalue weighted by Crippen LogP contribution is 2.27. The van der Waals surface area contributed by atoms with Crippen LogP contribution in [0.2, 0.25) is 5.02 Å². The molecule has 0 bridgehead atoms. The largest absolute Gasteiger partial charge is 0.544 e. The molecule has 0 aromatic heterocycles. The number of aliphatic carboxylic acids is 1. The molecule has 0 aliphatic carbocycles. The third kappa shape index (κ3) is 7.19. The van der Waals surface area contributed by atoms with Crippen LogP contribution in [0.4, 0.5) is 5.69 Å². The van der Waals surface area contributed by atoms with Gasteiger partial charge in [0.15, 0.2) is 0 Å². The second kappa shape index (κ2) is 11.3. The van der Waals surface area contributed by atoms with Gasteiger partial charge in [-0.05, 0) is 18.2 Å². The van der Waals surface area contributed by atoms with E-state index in [4.69, 9.17) is 16.3 Å². The third-order valence-corrected chi connectivity index (χ3v) is 4.48. The summed E-state index contributed by atoms with van der Waals surface area (Å²) in [5, 5.41) is 18.1. The summed E-state index contributed by atoms with van der Waals surface area (Å²) in [6, 6.07) is 13.9. The summed E-state index contributed by atoms with van der Waals surface area (Å²) >= 11 is 6.02. The Labute approximate surface area is 169 Å². The number of amides is 1. The highest BCUT2D eigenvalue weighted by molar-refractivity contribution is 6.32. The lowest BCUT2D eigenvalue weighted by Crippen LogP contribution is -2.99. The Morgan fingerprint density at radius 1 is 1.18 bits per heavy atom. The molecule has 150 valence electrons. The van der Waals surface area contributed by atoms with Crippen LogP contribution in [0, 0.1) is 0 Å². The second-order valence-corrected chi connectivity index (χ2v) is 6.73. The first-order chi connectivity index (χ1) is 13.5. The van der Waals surface area contributed by atoms with E-state index >= 15 is 0 Å². The molecule has 0 heterocycles. The van der Waals surface area contributed by atoms with Gasteiger partial charge in [0, 0.05) is 11.3 Å². The smallest absolute Gasteiger partial charge is 0.230 e. The van der Waals surface area contributed by atoms with Gasteiger partial charge in [-0.1, -0.05) is 41.9 Å². The summed E-state index contributed by atoms with van der Waals surface area (Å²) in [6.45, 7) is 2.12. The first kappa shape index (κ1) is 21.7. The molecule has 1 atom stereocenters. The summed E-state index contributed by atoms with van der Waals surface area (Å²) in [4.78, 5) is 23.5. The Bertz CT molecular complexity index is 786. The number of carboxylic acids is 1. The lowest BCUT2D eigenvalue weighted by Gasteiger charge is -2.16. The predicted molar refractivity (Wildman–Crippen MR) is 104 cm³/mol. The number of quaternary nitrogens is 2. The molecule has 7 nitrogen and oxygen atoms in total. The van der Waals surface area contributed by atoms with E-state index in [9.17, 15) is 14.7 Å². The molecule has 0 saturated carbocycles. The molecule has 0 saturated heterocycles. The molecule has 0 spiro atoms. The maximum atomic E-state index is 12.2. The summed E-state index contributed by atoms with van der Waals surface area (Å²) in [6.07, 6.45) is -0.190. The van der Waals surface area contributed by atoms with Crippen molar-refractivity contribution in [3.8, 4) is 5.75 Å². The van der Waals surface area contributed by atoms with E-state index < -0.39 is 17.9 Å². The highest BCUT2D eigenvalue weighted by Gasteiger charge is 2.18. The predicted octanol–water partition coefficient (Wildman–Crippen LogP) is -0.877.